The summed E-state index contributed by atoms with van der Waals surface area (Å²) in [6.07, 6.45) is 8.33. The molecule has 0 spiro atoms. The maximum Gasteiger partial charge on any atom is 0.0692 e. The zero-order valence-corrected chi connectivity index (χ0v) is 13.3. The lowest BCUT2D eigenvalue weighted by Gasteiger charge is -2.38. The number of rotatable bonds is 4. The summed E-state index contributed by atoms with van der Waals surface area (Å²) in [6, 6.07) is 0.312. The van der Waals surface area contributed by atoms with E-state index in [0.29, 0.717) is 6.04 Å². The van der Waals surface area contributed by atoms with Crippen LogP contribution in [0.2, 0.25) is 0 Å². The van der Waals surface area contributed by atoms with E-state index < -0.39 is 0 Å². The third kappa shape index (κ3) is 3.61. The minimum absolute atomic E-state index is 0.0302. The van der Waals surface area contributed by atoms with Crippen molar-refractivity contribution >= 4 is 0 Å². The molecular formula is C16H29N3O. The first-order valence-corrected chi connectivity index (χ1v) is 7.88. The Bertz CT molecular complexity index is 422. The fourth-order valence-corrected chi connectivity index (χ4v) is 2.96. The molecule has 0 aliphatic carbocycles. The van der Waals surface area contributed by atoms with Gasteiger partial charge in [0.25, 0.3) is 0 Å². The number of aliphatic hydroxyl groups is 1. The maximum atomic E-state index is 10.2. The van der Waals surface area contributed by atoms with Crippen LogP contribution < -0.4 is 0 Å². The van der Waals surface area contributed by atoms with E-state index in [4.69, 9.17) is 0 Å². The second-order valence-electron chi connectivity index (χ2n) is 6.97. The van der Waals surface area contributed by atoms with Crippen LogP contribution in [0.3, 0.4) is 0 Å². The first kappa shape index (κ1) is 15.5. The normalized spacial score (nSPS) is 22.9. The molecule has 0 amide bonds. The van der Waals surface area contributed by atoms with Gasteiger partial charge in [-0.1, -0.05) is 13.3 Å². The van der Waals surface area contributed by atoms with E-state index in [9.17, 15) is 5.11 Å². The van der Waals surface area contributed by atoms with E-state index in [1.165, 1.54) is 18.4 Å². The van der Waals surface area contributed by atoms with Gasteiger partial charge in [0, 0.05) is 24.3 Å². The van der Waals surface area contributed by atoms with Gasteiger partial charge in [-0.2, -0.15) is 5.10 Å². The van der Waals surface area contributed by atoms with Crippen molar-refractivity contribution in [3.05, 3.63) is 18.0 Å². The Morgan fingerprint density at radius 3 is 2.75 bits per heavy atom. The Morgan fingerprint density at radius 2 is 2.15 bits per heavy atom. The van der Waals surface area contributed by atoms with Crippen molar-refractivity contribution in [1.29, 1.82) is 0 Å². The summed E-state index contributed by atoms with van der Waals surface area (Å²) >= 11 is 0. The molecule has 114 valence electrons. The Kier molecular flexibility index (Phi) is 4.86. The van der Waals surface area contributed by atoms with Gasteiger partial charge in [0.2, 0.25) is 0 Å². The molecule has 4 heteroatoms. The van der Waals surface area contributed by atoms with Crippen LogP contribution in [0.1, 0.15) is 58.9 Å². The first-order valence-electron chi connectivity index (χ1n) is 7.88. The fourth-order valence-electron chi connectivity index (χ4n) is 2.96. The molecule has 1 aliphatic rings. The summed E-state index contributed by atoms with van der Waals surface area (Å²) in [6.45, 7) is 10.5. The monoisotopic (exact) mass is 279 g/mol. The number of aromatic nitrogens is 2. The summed E-state index contributed by atoms with van der Waals surface area (Å²) in [5.74, 6) is 0. The average Bonchev–Trinajstić information content (AvgIpc) is 2.87. The quantitative estimate of drug-likeness (QED) is 0.921. The van der Waals surface area contributed by atoms with Crippen LogP contribution in [0, 0.1) is 0 Å². The number of aliphatic hydroxyl groups excluding tert-OH is 1. The molecule has 0 radical (unpaired) electrons. The predicted octanol–water partition coefficient (Wildman–Crippen LogP) is 2.76. The number of hydrogen-bond acceptors (Lipinski definition) is 3. The highest BCUT2D eigenvalue weighted by Crippen LogP contribution is 2.23. The predicted molar refractivity (Wildman–Crippen MR) is 81.6 cm³/mol. The van der Waals surface area contributed by atoms with Crippen LogP contribution >= 0.6 is 0 Å². The van der Waals surface area contributed by atoms with E-state index in [2.05, 4.69) is 43.9 Å². The van der Waals surface area contributed by atoms with Crippen molar-refractivity contribution in [2.75, 3.05) is 6.54 Å². The lowest BCUT2D eigenvalue weighted by atomic mass is 9.95. The zero-order chi connectivity index (χ0) is 14.8. The Balaban J connectivity index is 2.05. The maximum absolute atomic E-state index is 10.2. The van der Waals surface area contributed by atoms with Crippen LogP contribution in [0.25, 0.3) is 0 Å². The first-order chi connectivity index (χ1) is 9.41. The van der Waals surface area contributed by atoms with Gasteiger partial charge in [-0.3, -0.25) is 9.58 Å². The van der Waals surface area contributed by atoms with Crippen LogP contribution in [-0.2, 0) is 12.1 Å². The molecule has 20 heavy (non-hydrogen) atoms. The molecular weight excluding hydrogens is 250 g/mol. The standard InChI is InChI=1S/C16H29N3O/c1-5-15(20)14-8-6-7-9-18(14)11-13-10-17-19(12-13)16(2,3)4/h10,12,14-15,20H,5-9,11H2,1-4H3. The highest BCUT2D eigenvalue weighted by molar-refractivity contribution is 5.06. The van der Waals surface area contributed by atoms with Crippen LogP contribution in [0.4, 0.5) is 0 Å². The van der Waals surface area contributed by atoms with Gasteiger partial charge in [-0.15, -0.1) is 0 Å². The summed E-state index contributed by atoms with van der Waals surface area (Å²) in [5, 5.41) is 14.7. The lowest BCUT2D eigenvalue weighted by molar-refractivity contribution is 0.0195. The van der Waals surface area contributed by atoms with Crippen molar-refractivity contribution in [2.24, 2.45) is 0 Å². The molecule has 1 aliphatic heterocycles. The Hall–Kier alpha value is -0.870. The second-order valence-corrected chi connectivity index (χ2v) is 6.97. The van der Waals surface area contributed by atoms with Crippen molar-refractivity contribution in [3.8, 4) is 0 Å². The van der Waals surface area contributed by atoms with Crippen molar-refractivity contribution in [3.63, 3.8) is 0 Å². The summed E-state index contributed by atoms with van der Waals surface area (Å²) in [4.78, 5) is 2.43. The van der Waals surface area contributed by atoms with E-state index in [-0.39, 0.29) is 11.6 Å². The molecule has 0 aromatic carbocycles. The van der Waals surface area contributed by atoms with E-state index >= 15 is 0 Å². The van der Waals surface area contributed by atoms with Gasteiger partial charge in [0.1, 0.15) is 0 Å². The molecule has 1 saturated heterocycles. The van der Waals surface area contributed by atoms with Gasteiger partial charge in [0.15, 0.2) is 0 Å². The molecule has 1 N–H and O–H groups in total. The molecule has 2 heterocycles. The van der Waals surface area contributed by atoms with E-state index in [0.717, 1.165) is 25.9 Å². The summed E-state index contributed by atoms with van der Waals surface area (Å²) < 4.78 is 2.03. The van der Waals surface area contributed by atoms with Crippen molar-refractivity contribution in [1.82, 2.24) is 14.7 Å². The minimum atomic E-state index is -0.201. The molecule has 1 aromatic rings. The highest BCUT2D eigenvalue weighted by Gasteiger charge is 2.28. The SMILES string of the molecule is CCC(O)C1CCCCN1Cc1cnn(C(C)(C)C)c1. The van der Waals surface area contributed by atoms with Crippen molar-refractivity contribution in [2.45, 2.75) is 77.6 Å². The largest absolute Gasteiger partial charge is 0.392 e. The Labute approximate surface area is 122 Å². The van der Waals surface area contributed by atoms with Gasteiger partial charge in [-0.05, 0) is 46.6 Å². The van der Waals surface area contributed by atoms with E-state index in [1.54, 1.807) is 0 Å². The Morgan fingerprint density at radius 1 is 1.40 bits per heavy atom. The van der Waals surface area contributed by atoms with Gasteiger partial charge < -0.3 is 5.11 Å². The fraction of sp³-hybridized carbons (Fsp3) is 0.812. The van der Waals surface area contributed by atoms with Crippen LogP contribution in [0.15, 0.2) is 12.4 Å². The second kappa shape index (κ2) is 6.27. The van der Waals surface area contributed by atoms with Crippen molar-refractivity contribution < 1.29 is 5.11 Å². The van der Waals surface area contributed by atoms with Gasteiger partial charge in [0.05, 0.1) is 17.8 Å². The molecule has 2 rings (SSSR count). The van der Waals surface area contributed by atoms with Gasteiger partial charge >= 0.3 is 0 Å². The smallest absolute Gasteiger partial charge is 0.0692 e. The minimum Gasteiger partial charge on any atom is -0.392 e. The summed E-state index contributed by atoms with van der Waals surface area (Å²) in [5.41, 5.74) is 1.28. The van der Waals surface area contributed by atoms with E-state index in [1.807, 2.05) is 10.9 Å². The lowest BCUT2D eigenvalue weighted by Crippen LogP contribution is -2.46. The molecule has 0 saturated carbocycles. The summed E-state index contributed by atoms with van der Waals surface area (Å²) in [7, 11) is 0. The molecule has 4 nitrogen and oxygen atoms in total. The molecule has 1 aromatic heterocycles. The number of nitrogens with zero attached hydrogens (tertiary/aromatic N) is 3. The van der Waals surface area contributed by atoms with Gasteiger partial charge in [-0.25, -0.2) is 0 Å². The number of piperidine rings is 1. The highest BCUT2D eigenvalue weighted by atomic mass is 16.3. The molecule has 1 fully saturated rings. The van der Waals surface area contributed by atoms with Crippen LogP contribution in [0.5, 0.6) is 0 Å². The third-order valence-corrected chi connectivity index (χ3v) is 4.24. The average molecular weight is 279 g/mol. The molecule has 2 atom stereocenters. The molecule has 2 unspecified atom stereocenters. The zero-order valence-electron chi connectivity index (χ0n) is 13.3. The number of hydrogen-bond donors (Lipinski definition) is 1. The molecule has 0 bridgehead atoms. The topological polar surface area (TPSA) is 41.3 Å². The third-order valence-electron chi connectivity index (χ3n) is 4.24. The van der Waals surface area contributed by atoms with Crippen LogP contribution in [-0.4, -0.2) is 38.5 Å². The number of likely N-dealkylation sites (tertiary alicyclic amines) is 1.